The summed E-state index contributed by atoms with van der Waals surface area (Å²) in [4.78, 5) is 2.26. The zero-order chi connectivity index (χ0) is 43.3. The molecule has 0 aromatic heterocycles. The molecule has 12 rings (SSSR count). The minimum atomic E-state index is -0.609. The van der Waals surface area contributed by atoms with Gasteiger partial charge in [-0.05, 0) is 161 Å². The quantitative estimate of drug-likeness (QED) is 0.161. The largest absolute Gasteiger partial charge is 0.355 e. The Morgan fingerprint density at radius 1 is 0.422 bits per heavy atom. The smallest absolute Gasteiger partial charge is 0.123 e. The summed E-state index contributed by atoms with van der Waals surface area (Å²) >= 11 is 0. The zero-order valence-corrected chi connectivity index (χ0v) is 36.5. The number of rotatable bonds is 7. The molecule has 0 heterocycles. The summed E-state index contributed by atoms with van der Waals surface area (Å²) < 4.78 is 14.5. The van der Waals surface area contributed by atoms with Crippen molar-refractivity contribution in [2.75, 3.05) is 10.2 Å². The fourth-order valence-electron chi connectivity index (χ4n) is 11.1. The Hall–Kier alpha value is -7.49. The summed E-state index contributed by atoms with van der Waals surface area (Å²) in [5.74, 6) is 0.613. The zero-order valence-electron chi connectivity index (χ0n) is 36.5. The molecular formula is C61H47FN2. The number of anilines is 5. The van der Waals surface area contributed by atoms with Crippen LogP contribution in [0.5, 0.6) is 0 Å². The van der Waals surface area contributed by atoms with E-state index in [9.17, 15) is 4.39 Å². The highest BCUT2D eigenvalue weighted by Gasteiger charge is 2.54. The van der Waals surface area contributed by atoms with E-state index in [1.54, 1.807) is 12.1 Å². The van der Waals surface area contributed by atoms with Crippen LogP contribution in [0.25, 0.3) is 54.6 Å². The molecule has 64 heavy (non-hydrogen) atoms. The first-order valence-electron chi connectivity index (χ1n) is 22.6. The fourth-order valence-corrected chi connectivity index (χ4v) is 11.1. The second-order valence-corrected chi connectivity index (χ2v) is 18.2. The molecule has 0 fully saturated rings. The van der Waals surface area contributed by atoms with E-state index in [0.717, 1.165) is 28.4 Å². The van der Waals surface area contributed by atoms with E-state index in [2.05, 4.69) is 208 Å². The van der Waals surface area contributed by atoms with Crippen molar-refractivity contribution < 1.29 is 4.39 Å². The number of nitrogens with zero attached hydrogens (tertiary/aromatic N) is 1. The molecule has 0 amide bonds. The van der Waals surface area contributed by atoms with Gasteiger partial charge in [-0.25, -0.2) is 4.39 Å². The Labute approximate surface area is 374 Å². The number of nitrogens with one attached hydrogen (secondary N) is 1. The first-order valence-corrected chi connectivity index (χ1v) is 22.6. The van der Waals surface area contributed by atoms with Gasteiger partial charge in [-0.15, -0.1) is 0 Å². The lowest BCUT2D eigenvalue weighted by atomic mass is 9.68. The maximum absolute atomic E-state index is 14.5. The number of fused-ring (bicyclic) bond motifs is 17. The molecule has 0 aliphatic heterocycles. The van der Waals surface area contributed by atoms with Gasteiger partial charge in [0.25, 0.3) is 0 Å². The molecule has 10 aromatic carbocycles. The first-order chi connectivity index (χ1) is 31.3. The topological polar surface area (TPSA) is 15.3 Å². The first kappa shape index (κ1) is 38.2. The Morgan fingerprint density at radius 2 is 0.922 bits per heavy atom. The minimum Gasteiger partial charge on any atom is -0.355 e. The summed E-state index contributed by atoms with van der Waals surface area (Å²) in [7, 11) is 0. The SMILES string of the molecule is CC(C)c1ccc(Nc2cc3c(c4ccccc24)C2(c4ccccc4-c4ccccc42)c2c-3c3ccccc3c3cc(N(c4ccc(F)cc4)c4ccc(C(C)C)cc4)ccc23)cc1. The van der Waals surface area contributed by atoms with Crippen LogP contribution >= 0.6 is 0 Å². The van der Waals surface area contributed by atoms with Gasteiger partial charge in [0.2, 0.25) is 0 Å². The van der Waals surface area contributed by atoms with Gasteiger partial charge < -0.3 is 10.2 Å². The van der Waals surface area contributed by atoms with Crippen LogP contribution in [-0.4, -0.2) is 0 Å². The monoisotopic (exact) mass is 826 g/mol. The van der Waals surface area contributed by atoms with Gasteiger partial charge in [-0.1, -0.05) is 155 Å². The highest BCUT2D eigenvalue weighted by molar-refractivity contribution is 6.23. The van der Waals surface area contributed by atoms with Gasteiger partial charge in [0, 0.05) is 33.8 Å². The molecule has 0 radical (unpaired) electrons. The molecule has 0 saturated heterocycles. The van der Waals surface area contributed by atoms with Crippen LogP contribution in [0.3, 0.4) is 0 Å². The van der Waals surface area contributed by atoms with Crippen LogP contribution < -0.4 is 10.2 Å². The van der Waals surface area contributed by atoms with Gasteiger partial charge in [0.1, 0.15) is 5.82 Å². The van der Waals surface area contributed by atoms with Crippen molar-refractivity contribution in [1.29, 1.82) is 0 Å². The lowest BCUT2D eigenvalue weighted by Crippen LogP contribution is -2.26. The molecule has 2 aliphatic carbocycles. The predicted molar refractivity (Wildman–Crippen MR) is 268 cm³/mol. The molecule has 0 unspecified atom stereocenters. The van der Waals surface area contributed by atoms with Crippen molar-refractivity contribution in [2.45, 2.75) is 44.9 Å². The van der Waals surface area contributed by atoms with Crippen molar-refractivity contribution in [3.8, 4) is 22.3 Å². The molecule has 1 N–H and O–H groups in total. The second kappa shape index (κ2) is 14.5. The Bertz CT molecular complexity index is 3430. The van der Waals surface area contributed by atoms with E-state index in [1.165, 1.54) is 88.0 Å². The van der Waals surface area contributed by atoms with E-state index in [4.69, 9.17) is 0 Å². The lowest BCUT2D eigenvalue weighted by molar-refractivity contribution is 0.628. The van der Waals surface area contributed by atoms with E-state index in [0.29, 0.717) is 11.8 Å². The third kappa shape index (κ3) is 5.56. The van der Waals surface area contributed by atoms with Gasteiger partial charge in [0.05, 0.1) is 5.41 Å². The van der Waals surface area contributed by atoms with Crippen molar-refractivity contribution in [2.24, 2.45) is 0 Å². The molecule has 2 nitrogen and oxygen atoms in total. The third-order valence-electron chi connectivity index (χ3n) is 14.0. The number of benzene rings is 10. The van der Waals surface area contributed by atoms with E-state index < -0.39 is 5.41 Å². The van der Waals surface area contributed by atoms with E-state index in [1.807, 2.05) is 12.1 Å². The number of hydrogen-bond donors (Lipinski definition) is 1. The summed E-state index contributed by atoms with van der Waals surface area (Å²) in [5.41, 5.74) is 17.4. The molecule has 0 atom stereocenters. The van der Waals surface area contributed by atoms with Crippen LogP contribution in [0.2, 0.25) is 0 Å². The highest BCUT2D eigenvalue weighted by atomic mass is 19.1. The van der Waals surface area contributed by atoms with Crippen molar-refractivity contribution >= 4 is 60.8 Å². The summed E-state index contributed by atoms with van der Waals surface area (Å²) in [6.45, 7) is 8.92. The van der Waals surface area contributed by atoms with Crippen molar-refractivity contribution in [3.63, 3.8) is 0 Å². The second-order valence-electron chi connectivity index (χ2n) is 18.2. The van der Waals surface area contributed by atoms with E-state index >= 15 is 0 Å². The normalized spacial score (nSPS) is 13.2. The average Bonchev–Trinajstić information content (AvgIpc) is 3.80. The van der Waals surface area contributed by atoms with Crippen LogP contribution in [0.15, 0.2) is 194 Å². The highest BCUT2D eigenvalue weighted by Crippen LogP contribution is 2.67. The summed E-state index contributed by atoms with van der Waals surface area (Å²) in [6, 6.07) is 70.2. The predicted octanol–water partition coefficient (Wildman–Crippen LogP) is 17.1. The molecule has 3 heteroatoms. The molecule has 0 saturated carbocycles. The van der Waals surface area contributed by atoms with Gasteiger partial charge in [-0.2, -0.15) is 0 Å². The molecule has 2 aliphatic rings. The average molecular weight is 827 g/mol. The standard InChI is InChI=1S/C61H47FN2/c1-37(2)39-21-27-42(28-22-39)63-57-36-54-58-50-17-7-5-13-46(50)53-35-45(64(44-31-25-41(62)26-32-44)43-29-23-40(24-30-43)38(3)4)33-34-52(53)60(58)61(59(54)51-18-8-6-16-49(51)57)55-19-11-9-14-47(55)48-15-10-12-20-56(48)61/h5-38,63H,1-4H3. The number of hydrogen-bond acceptors (Lipinski definition) is 2. The molecule has 10 aromatic rings. The lowest BCUT2D eigenvalue weighted by Gasteiger charge is -2.33. The Kier molecular flexibility index (Phi) is 8.68. The van der Waals surface area contributed by atoms with Gasteiger partial charge in [0.15, 0.2) is 0 Å². The maximum Gasteiger partial charge on any atom is 0.123 e. The summed E-state index contributed by atoms with van der Waals surface area (Å²) in [6.07, 6.45) is 0. The Morgan fingerprint density at radius 3 is 1.55 bits per heavy atom. The molecule has 308 valence electrons. The summed E-state index contributed by atoms with van der Waals surface area (Å²) in [5, 5.41) is 11.2. The minimum absolute atomic E-state index is 0.254. The van der Waals surface area contributed by atoms with Crippen LogP contribution in [0, 0.1) is 5.82 Å². The third-order valence-corrected chi connectivity index (χ3v) is 14.0. The fraction of sp³-hybridized carbons (Fsp3) is 0.115. The van der Waals surface area contributed by atoms with Crippen LogP contribution in [-0.2, 0) is 5.41 Å². The molecular weight excluding hydrogens is 780 g/mol. The number of halogens is 1. The maximum atomic E-state index is 14.5. The van der Waals surface area contributed by atoms with Crippen molar-refractivity contribution in [3.05, 3.63) is 233 Å². The van der Waals surface area contributed by atoms with Crippen LogP contribution in [0.4, 0.5) is 32.8 Å². The van der Waals surface area contributed by atoms with E-state index in [-0.39, 0.29) is 5.82 Å². The molecule has 0 bridgehead atoms. The van der Waals surface area contributed by atoms with Crippen molar-refractivity contribution in [1.82, 2.24) is 0 Å². The molecule has 1 spiro atoms. The van der Waals surface area contributed by atoms with Gasteiger partial charge in [-0.3, -0.25) is 0 Å². The van der Waals surface area contributed by atoms with Gasteiger partial charge >= 0.3 is 0 Å². The van der Waals surface area contributed by atoms with Crippen LogP contribution in [0.1, 0.15) is 72.9 Å². The Balaban J connectivity index is 1.19.